The van der Waals surface area contributed by atoms with Crippen LogP contribution in [0.3, 0.4) is 0 Å². The molecule has 0 bridgehead atoms. The van der Waals surface area contributed by atoms with Gasteiger partial charge in [0.1, 0.15) is 5.76 Å². The molecule has 0 fully saturated rings. The summed E-state index contributed by atoms with van der Waals surface area (Å²) in [5, 5.41) is 0. The molecule has 4 rings (SSSR count). The van der Waals surface area contributed by atoms with E-state index in [0.29, 0.717) is 6.54 Å². The van der Waals surface area contributed by atoms with Crippen molar-refractivity contribution < 1.29 is 4.42 Å². The quantitative estimate of drug-likeness (QED) is 0.785. The second kappa shape index (κ2) is 4.63. The summed E-state index contributed by atoms with van der Waals surface area (Å²) in [5.41, 5.74) is 3.12. The summed E-state index contributed by atoms with van der Waals surface area (Å²) >= 11 is 0. The molecular weight excluding hydrogens is 266 g/mol. The predicted molar refractivity (Wildman–Crippen MR) is 80.0 cm³/mol. The lowest BCUT2D eigenvalue weighted by atomic mass is 10.1. The van der Waals surface area contributed by atoms with Gasteiger partial charge < -0.3 is 9.40 Å². The molecule has 0 saturated carbocycles. The summed E-state index contributed by atoms with van der Waals surface area (Å²) in [6.07, 6.45) is 1.70. The van der Waals surface area contributed by atoms with Gasteiger partial charge in [0.15, 0.2) is 0 Å². The minimum Gasteiger partial charge on any atom is -0.468 e. The molecule has 1 N–H and O–H groups in total. The third-order valence-corrected chi connectivity index (χ3v) is 4.26. The summed E-state index contributed by atoms with van der Waals surface area (Å²) in [6.45, 7) is 4.42. The number of nitrogens with one attached hydrogen (secondary N) is 1. The molecule has 0 radical (unpaired) electrons. The zero-order valence-electron chi connectivity index (χ0n) is 11.9. The van der Waals surface area contributed by atoms with E-state index in [9.17, 15) is 4.79 Å². The smallest absolute Gasteiger partial charge is 0.326 e. The van der Waals surface area contributed by atoms with Crippen molar-refractivity contribution in [3.05, 3.63) is 58.4 Å². The number of rotatable bonds is 2. The van der Waals surface area contributed by atoms with Crippen LogP contribution in [0.5, 0.6) is 0 Å². The van der Waals surface area contributed by atoms with Crippen LogP contribution < -0.4 is 5.69 Å². The molecule has 2 aromatic heterocycles. The van der Waals surface area contributed by atoms with Crippen LogP contribution >= 0.6 is 0 Å². The topological polar surface area (TPSA) is 54.2 Å². The molecule has 3 heterocycles. The molecule has 0 spiro atoms. The van der Waals surface area contributed by atoms with Gasteiger partial charge in [-0.1, -0.05) is 12.1 Å². The lowest BCUT2D eigenvalue weighted by Gasteiger charge is -2.26. The number of hydrogen-bond acceptors (Lipinski definition) is 3. The number of benzene rings is 1. The van der Waals surface area contributed by atoms with Crippen molar-refractivity contribution in [2.75, 3.05) is 0 Å². The third-order valence-electron chi connectivity index (χ3n) is 4.26. The zero-order valence-corrected chi connectivity index (χ0v) is 11.9. The average molecular weight is 283 g/mol. The maximum Gasteiger partial charge on any atom is 0.326 e. The van der Waals surface area contributed by atoms with Crippen molar-refractivity contribution in [1.82, 2.24) is 14.5 Å². The van der Waals surface area contributed by atoms with Crippen LogP contribution in [0.4, 0.5) is 0 Å². The molecule has 5 heteroatoms. The highest BCUT2D eigenvalue weighted by molar-refractivity contribution is 5.79. The van der Waals surface area contributed by atoms with Crippen LogP contribution in [0.2, 0.25) is 0 Å². The highest BCUT2D eigenvalue weighted by Gasteiger charge is 2.24. The predicted octanol–water partition coefficient (Wildman–Crippen LogP) is 2.33. The van der Waals surface area contributed by atoms with Crippen LogP contribution in [0.15, 0.2) is 45.8 Å². The van der Waals surface area contributed by atoms with Gasteiger partial charge in [0.2, 0.25) is 0 Å². The van der Waals surface area contributed by atoms with Crippen LogP contribution in [0, 0.1) is 0 Å². The Morgan fingerprint density at radius 2 is 2.24 bits per heavy atom. The van der Waals surface area contributed by atoms with E-state index in [-0.39, 0.29) is 11.7 Å². The lowest BCUT2D eigenvalue weighted by molar-refractivity contribution is 0.167. The average Bonchev–Trinajstić information content (AvgIpc) is 3.03. The minimum absolute atomic E-state index is 0.0239. The van der Waals surface area contributed by atoms with E-state index < -0.39 is 0 Å². The van der Waals surface area contributed by atoms with Gasteiger partial charge in [0.05, 0.1) is 23.8 Å². The van der Waals surface area contributed by atoms with Gasteiger partial charge in [0.25, 0.3) is 0 Å². The van der Waals surface area contributed by atoms with Crippen LogP contribution in [-0.4, -0.2) is 20.5 Å². The summed E-state index contributed by atoms with van der Waals surface area (Å²) in [5.74, 6) is 0.953. The van der Waals surface area contributed by atoms with Crippen molar-refractivity contribution >= 4 is 11.0 Å². The highest BCUT2D eigenvalue weighted by atomic mass is 16.3. The minimum atomic E-state index is -0.0239. The first-order valence-corrected chi connectivity index (χ1v) is 7.19. The first-order valence-electron chi connectivity index (χ1n) is 7.19. The van der Waals surface area contributed by atoms with Gasteiger partial charge in [-0.2, -0.15) is 0 Å². The van der Waals surface area contributed by atoms with Crippen molar-refractivity contribution in [1.29, 1.82) is 0 Å². The molecule has 1 aliphatic rings. The fraction of sp³-hybridized carbons (Fsp3) is 0.312. The van der Waals surface area contributed by atoms with Gasteiger partial charge in [-0.3, -0.25) is 9.47 Å². The Morgan fingerprint density at radius 1 is 1.33 bits per heavy atom. The molecule has 1 aromatic carbocycles. The van der Waals surface area contributed by atoms with Gasteiger partial charge in [0, 0.05) is 19.1 Å². The maximum absolute atomic E-state index is 12.1. The van der Waals surface area contributed by atoms with E-state index in [1.807, 2.05) is 28.8 Å². The van der Waals surface area contributed by atoms with Crippen LogP contribution in [-0.2, 0) is 19.6 Å². The van der Waals surface area contributed by atoms with Gasteiger partial charge in [-0.05, 0) is 30.7 Å². The first kappa shape index (κ1) is 12.5. The Morgan fingerprint density at radius 3 is 3.05 bits per heavy atom. The van der Waals surface area contributed by atoms with Crippen molar-refractivity contribution in [3.8, 4) is 0 Å². The first-order chi connectivity index (χ1) is 10.2. The van der Waals surface area contributed by atoms with E-state index >= 15 is 0 Å². The third kappa shape index (κ3) is 2.01. The Bertz CT molecular complexity index is 829. The van der Waals surface area contributed by atoms with E-state index in [0.717, 1.165) is 29.9 Å². The number of hydrogen-bond donors (Lipinski definition) is 1. The molecular formula is C16H17N3O2. The van der Waals surface area contributed by atoms with Gasteiger partial charge >= 0.3 is 5.69 Å². The Balaban J connectivity index is 1.78. The molecule has 0 amide bonds. The SMILES string of the molecule is C[C@H]1Cn2c(=O)[nH]c3cccc(c32)CN1Cc1ccco1. The Hall–Kier alpha value is -2.27. The van der Waals surface area contributed by atoms with E-state index in [4.69, 9.17) is 4.42 Å². The second-order valence-electron chi connectivity index (χ2n) is 5.69. The Labute approximate surface area is 121 Å². The van der Waals surface area contributed by atoms with Crippen molar-refractivity contribution in [2.24, 2.45) is 0 Å². The fourth-order valence-corrected chi connectivity index (χ4v) is 3.17. The molecule has 3 aromatic rings. The molecule has 21 heavy (non-hydrogen) atoms. The van der Waals surface area contributed by atoms with E-state index in [1.165, 1.54) is 5.56 Å². The summed E-state index contributed by atoms with van der Waals surface area (Å²) in [4.78, 5) is 17.4. The van der Waals surface area contributed by atoms with E-state index in [1.54, 1.807) is 6.26 Å². The monoisotopic (exact) mass is 283 g/mol. The van der Waals surface area contributed by atoms with Crippen LogP contribution in [0.25, 0.3) is 11.0 Å². The standard InChI is InChI=1S/C16H17N3O2/c1-11-8-19-15-12(4-2-6-14(15)17-16(19)20)9-18(11)10-13-5-3-7-21-13/h2-7,11H,8-10H2,1H3,(H,17,20)/t11-/m0/s1. The number of furan rings is 1. The Kier molecular flexibility index (Phi) is 2.75. The molecule has 1 atom stereocenters. The molecule has 108 valence electrons. The molecule has 5 nitrogen and oxygen atoms in total. The summed E-state index contributed by atoms with van der Waals surface area (Å²) < 4.78 is 7.32. The van der Waals surface area contributed by atoms with Crippen molar-refractivity contribution in [3.63, 3.8) is 0 Å². The molecule has 1 aliphatic heterocycles. The fourth-order valence-electron chi connectivity index (χ4n) is 3.17. The van der Waals surface area contributed by atoms with Crippen molar-refractivity contribution in [2.45, 2.75) is 32.6 Å². The number of H-pyrrole nitrogens is 1. The summed E-state index contributed by atoms with van der Waals surface area (Å²) in [7, 11) is 0. The summed E-state index contributed by atoms with van der Waals surface area (Å²) in [6, 6.07) is 10.2. The maximum atomic E-state index is 12.1. The number of aromatic nitrogens is 2. The number of para-hydroxylation sites is 1. The zero-order chi connectivity index (χ0) is 14.4. The van der Waals surface area contributed by atoms with E-state index in [2.05, 4.69) is 22.9 Å². The number of nitrogens with zero attached hydrogens (tertiary/aromatic N) is 2. The van der Waals surface area contributed by atoms with Crippen LogP contribution in [0.1, 0.15) is 18.2 Å². The second-order valence-corrected chi connectivity index (χ2v) is 5.69. The number of imidazole rings is 1. The molecule has 0 saturated heterocycles. The number of aromatic amines is 1. The lowest BCUT2D eigenvalue weighted by Crippen LogP contribution is -2.35. The highest BCUT2D eigenvalue weighted by Crippen LogP contribution is 2.24. The normalized spacial score (nSPS) is 19.0. The van der Waals surface area contributed by atoms with Gasteiger partial charge in [-0.25, -0.2) is 4.79 Å². The van der Waals surface area contributed by atoms with Gasteiger partial charge in [-0.15, -0.1) is 0 Å². The largest absolute Gasteiger partial charge is 0.468 e. The molecule has 0 unspecified atom stereocenters. The molecule has 0 aliphatic carbocycles.